The van der Waals surface area contributed by atoms with Crippen molar-refractivity contribution in [3.8, 4) is 5.75 Å². The Kier molecular flexibility index (Phi) is 4.02. The van der Waals surface area contributed by atoms with Crippen LogP contribution in [0.15, 0.2) is 18.2 Å². The highest BCUT2D eigenvalue weighted by Gasteiger charge is 2.32. The maximum atomic E-state index is 5.98. The fraction of sp³-hybridized carbons (Fsp3) is 0.667. The van der Waals surface area contributed by atoms with Crippen molar-refractivity contribution >= 4 is 0 Å². The number of fused-ring (bicyclic) bond motifs is 1. The molecule has 0 amide bonds. The number of aryl methyl sites for hydroxylation is 1. The molecular weight excluding hydrogens is 246 g/mol. The minimum absolute atomic E-state index is 0.463. The van der Waals surface area contributed by atoms with E-state index >= 15 is 0 Å². The second-order valence-electron chi connectivity index (χ2n) is 6.72. The molecule has 1 aromatic rings. The Morgan fingerprint density at radius 2 is 2.00 bits per heavy atom. The van der Waals surface area contributed by atoms with E-state index in [0.29, 0.717) is 12.1 Å². The van der Waals surface area contributed by atoms with Gasteiger partial charge in [-0.25, -0.2) is 0 Å². The highest BCUT2D eigenvalue weighted by Crippen LogP contribution is 2.37. The molecule has 1 aliphatic carbocycles. The lowest BCUT2D eigenvalue weighted by Gasteiger charge is -2.27. The van der Waals surface area contributed by atoms with Crippen LogP contribution in [-0.4, -0.2) is 12.6 Å². The van der Waals surface area contributed by atoms with Crippen LogP contribution >= 0.6 is 0 Å². The van der Waals surface area contributed by atoms with E-state index < -0.39 is 0 Å². The quantitative estimate of drug-likeness (QED) is 0.870. The molecule has 2 heteroatoms. The molecule has 110 valence electrons. The van der Waals surface area contributed by atoms with Crippen LogP contribution < -0.4 is 10.1 Å². The van der Waals surface area contributed by atoms with E-state index in [1.807, 2.05) is 0 Å². The van der Waals surface area contributed by atoms with Crippen LogP contribution in [0.3, 0.4) is 0 Å². The largest absolute Gasteiger partial charge is 0.493 e. The average molecular weight is 273 g/mol. The van der Waals surface area contributed by atoms with E-state index in [2.05, 4.69) is 44.3 Å². The second kappa shape index (κ2) is 5.77. The van der Waals surface area contributed by atoms with Gasteiger partial charge in [0.05, 0.1) is 6.61 Å². The van der Waals surface area contributed by atoms with Crippen molar-refractivity contribution in [1.29, 1.82) is 0 Å². The summed E-state index contributed by atoms with van der Waals surface area (Å²) in [6.45, 7) is 7.80. The third-order valence-corrected chi connectivity index (χ3v) is 5.38. The molecule has 0 saturated heterocycles. The number of benzene rings is 1. The minimum Gasteiger partial charge on any atom is -0.493 e. The van der Waals surface area contributed by atoms with E-state index in [4.69, 9.17) is 4.74 Å². The molecule has 0 bridgehead atoms. The molecule has 1 N–H and O–H groups in total. The summed E-state index contributed by atoms with van der Waals surface area (Å²) in [6.07, 6.45) is 5.01. The Morgan fingerprint density at radius 3 is 2.75 bits per heavy atom. The summed E-state index contributed by atoms with van der Waals surface area (Å²) in [5.74, 6) is 2.76. The van der Waals surface area contributed by atoms with Crippen molar-refractivity contribution in [2.75, 3.05) is 6.61 Å². The Morgan fingerprint density at radius 1 is 1.15 bits per heavy atom. The van der Waals surface area contributed by atoms with Crippen molar-refractivity contribution in [3.05, 3.63) is 29.3 Å². The third kappa shape index (κ3) is 2.58. The molecule has 0 radical (unpaired) electrons. The van der Waals surface area contributed by atoms with Gasteiger partial charge in [-0.2, -0.15) is 0 Å². The fourth-order valence-electron chi connectivity index (χ4n) is 3.80. The van der Waals surface area contributed by atoms with E-state index in [0.717, 1.165) is 30.6 Å². The van der Waals surface area contributed by atoms with Crippen LogP contribution in [0.2, 0.25) is 0 Å². The lowest BCUT2D eigenvalue weighted by molar-refractivity contribution is 0.307. The minimum atomic E-state index is 0.463. The van der Waals surface area contributed by atoms with Crippen LogP contribution in [0.25, 0.3) is 0 Å². The molecule has 4 unspecified atom stereocenters. The highest BCUT2D eigenvalue weighted by molar-refractivity contribution is 5.43. The van der Waals surface area contributed by atoms with Crippen molar-refractivity contribution < 1.29 is 4.74 Å². The Balaban J connectivity index is 1.82. The van der Waals surface area contributed by atoms with Crippen molar-refractivity contribution in [2.24, 2.45) is 11.8 Å². The third-order valence-electron chi connectivity index (χ3n) is 5.38. The SMILES string of the molecule is Cc1cccc2c1OCCCC2NC1CCC(C)C1C. The van der Waals surface area contributed by atoms with Gasteiger partial charge in [0, 0.05) is 17.6 Å². The predicted molar refractivity (Wildman–Crippen MR) is 83.1 cm³/mol. The van der Waals surface area contributed by atoms with E-state index in [1.54, 1.807) is 0 Å². The van der Waals surface area contributed by atoms with Gasteiger partial charge in [0.1, 0.15) is 5.75 Å². The molecule has 2 aliphatic rings. The maximum Gasteiger partial charge on any atom is 0.126 e. The van der Waals surface area contributed by atoms with Gasteiger partial charge in [-0.3, -0.25) is 0 Å². The van der Waals surface area contributed by atoms with Gasteiger partial charge in [-0.15, -0.1) is 0 Å². The zero-order chi connectivity index (χ0) is 14.1. The summed E-state index contributed by atoms with van der Waals surface area (Å²) in [7, 11) is 0. The zero-order valence-corrected chi connectivity index (χ0v) is 13.0. The lowest BCUT2D eigenvalue weighted by Crippen LogP contribution is -2.35. The Bertz CT molecular complexity index is 470. The number of rotatable bonds is 2. The number of hydrogen-bond donors (Lipinski definition) is 1. The predicted octanol–water partition coefficient (Wildman–Crippen LogP) is 4.23. The average Bonchev–Trinajstić information content (AvgIpc) is 2.66. The standard InChI is InChI=1S/C18H27NO/c1-12-9-10-16(14(12)3)19-17-8-5-11-20-18-13(2)6-4-7-15(17)18/h4,6-7,12,14,16-17,19H,5,8-11H2,1-3H3. The smallest absolute Gasteiger partial charge is 0.126 e. The summed E-state index contributed by atoms with van der Waals surface area (Å²) in [6, 6.07) is 7.69. The van der Waals surface area contributed by atoms with E-state index in [9.17, 15) is 0 Å². The normalized spacial score (nSPS) is 33.4. The Labute approximate surface area is 122 Å². The molecule has 1 aromatic carbocycles. The van der Waals surface area contributed by atoms with Gasteiger partial charge in [0.2, 0.25) is 0 Å². The van der Waals surface area contributed by atoms with Crippen LogP contribution in [0.1, 0.15) is 56.7 Å². The maximum absolute atomic E-state index is 5.98. The zero-order valence-electron chi connectivity index (χ0n) is 13.0. The molecule has 4 atom stereocenters. The molecular formula is C18H27NO. The molecule has 3 rings (SSSR count). The highest BCUT2D eigenvalue weighted by atomic mass is 16.5. The van der Waals surface area contributed by atoms with Crippen LogP contribution in [0.5, 0.6) is 5.75 Å². The topological polar surface area (TPSA) is 21.3 Å². The second-order valence-corrected chi connectivity index (χ2v) is 6.72. The van der Waals surface area contributed by atoms with E-state index in [-0.39, 0.29) is 0 Å². The molecule has 0 spiro atoms. The fourth-order valence-corrected chi connectivity index (χ4v) is 3.80. The summed E-state index contributed by atoms with van der Waals surface area (Å²) < 4.78 is 5.98. The molecule has 0 aromatic heterocycles. The van der Waals surface area contributed by atoms with Gasteiger partial charge >= 0.3 is 0 Å². The molecule has 1 fully saturated rings. The lowest BCUT2D eigenvalue weighted by atomic mass is 9.94. The van der Waals surface area contributed by atoms with Gasteiger partial charge in [-0.05, 0) is 50.0 Å². The van der Waals surface area contributed by atoms with Crippen molar-refractivity contribution in [1.82, 2.24) is 5.32 Å². The first-order chi connectivity index (χ1) is 9.66. The summed E-state index contributed by atoms with van der Waals surface area (Å²) in [5.41, 5.74) is 2.64. The first-order valence-electron chi connectivity index (χ1n) is 8.15. The van der Waals surface area contributed by atoms with Crippen LogP contribution in [0.4, 0.5) is 0 Å². The van der Waals surface area contributed by atoms with Gasteiger partial charge in [0.15, 0.2) is 0 Å². The first-order valence-corrected chi connectivity index (χ1v) is 8.15. The number of para-hydroxylation sites is 1. The summed E-state index contributed by atoms with van der Waals surface area (Å²) in [4.78, 5) is 0. The molecule has 1 heterocycles. The van der Waals surface area contributed by atoms with Crippen LogP contribution in [-0.2, 0) is 0 Å². The Hall–Kier alpha value is -1.02. The molecule has 20 heavy (non-hydrogen) atoms. The first kappa shape index (κ1) is 13.9. The monoisotopic (exact) mass is 273 g/mol. The molecule has 1 aliphatic heterocycles. The molecule has 1 saturated carbocycles. The van der Waals surface area contributed by atoms with Gasteiger partial charge in [0.25, 0.3) is 0 Å². The summed E-state index contributed by atoms with van der Waals surface area (Å²) >= 11 is 0. The van der Waals surface area contributed by atoms with E-state index in [1.165, 1.54) is 30.4 Å². The van der Waals surface area contributed by atoms with Gasteiger partial charge in [-0.1, -0.05) is 32.0 Å². The number of hydrogen-bond acceptors (Lipinski definition) is 2. The van der Waals surface area contributed by atoms with Crippen LogP contribution in [0, 0.1) is 18.8 Å². The summed E-state index contributed by atoms with van der Waals surface area (Å²) in [5, 5.41) is 3.94. The van der Waals surface area contributed by atoms with Gasteiger partial charge < -0.3 is 10.1 Å². The number of nitrogens with one attached hydrogen (secondary N) is 1. The van der Waals surface area contributed by atoms with Crippen molar-refractivity contribution in [2.45, 2.75) is 58.5 Å². The molecule has 2 nitrogen and oxygen atoms in total. The van der Waals surface area contributed by atoms with Crippen molar-refractivity contribution in [3.63, 3.8) is 0 Å². The number of ether oxygens (including phenoxy) is 1.